The third kappa shape index (κ3) is 3.31. The highest BCUT2D eigenvalue weighted by molar-refractivity contribution is 6.53. The largest absolute Gasteiger partial charge is 0.342 e. The lowest BCUT2D eigenvalue weighted by molar-refractivity contribution is -0.110. The predicted octanol–water partition coefficient (Wildman–Crippen LogP) is 0.841. The number of nitrogens with zero attached hydrogens (tertiary/aromatic N) is 6. The summed E-state index contributed by atoms with van der Waals surface area (Å²) in [5.41, 5.74) is 1.25. The van der Waals surface area contributed by atoms with Gasteiger partial charge in [0, 0.05) is 31.9 Å². The zero-order chi connectivity index (χ0) is 22.2. The Hall–Kier alpha value is -4.02. The molecule has 2 aliphatic heterocycles. The monoisotopic (exact) mass is 434 g/mol. The third-order valence-corrected chi connectivity index (χ3v) is 5.77. The van der Waals surface area contributed by atoms with Crippen LogP contribution in [0.25, 0.3) is 11.2 Å². The number of aryl methyl sites for hydroxylation is 1. The highest BCUT2D eigenvalue weighted by Crippen LogP contribution is 2.24. The molecule has 1 amide bonds. The topological polar surface area (TPSA) is 130 Å². The normalized spacial score (nSPS) is 17.5. The van der Waals surface area contributed by atoms with E-state index >= 15 is 0 Å². The average molecular weight is 434 g/mol. The molecule has 0 radical (unpaired) electrons. The van der Waals surface area contributed by atoms with E-state index in [1.54, 1.807) is 23.7 Å². The molecule has 1 fully saturated rings. The van der Waals surface area contributed by atoms with E-state index < -0.39 is 11.2 Å². The summed E-state index contributed by atoms with van der Waals surface area (Å²) in [4.78, 5) is 45.9. The van der Waals surface area contributed by atoms with Gasteiger partial charge in [0.05, 0.1) is 12.2 Å². The number of H-pyrrole nitrogens is 1. The molecule has 2 aromatic heterocycles. The zero-order valence-corrected chi connectivity index (χ0v) is 17.5. The number of hydrogen-bond acceptors (Lipinski definition) is 7. The van der Waals surface area contributed by atoms with E-state index in [0.29, 0.717) is 28.4 Å². The number of para-hydroxylation sites is 1. The lowest BCUT2D eigenvalue weighted by atomic mass is 10.1. The number of rotatable bonds is 4. The molecule has 164 valence electrons. The summed E-state index contributed by atoms with van der Waals surface area (Å²) < 4.78 is 3.07. The SMILES string of the molecule is Cn1c(=O)[nH]c(=O)c2c1nc(N1CCCCC1)n2CC=N/N=C1/C(=O)Nc2ccccc21. The van der Waals surface area contributed by atoms with Gasteiger partial charge in [0.2, 0.25) is 5.95 Å². The van der Waals surface area contributed by atoms with Crippen molar-refractivity contribution in [1.82, 2.24) is 19.1 Å². The number of carbonyl (C=O) groups excluding carboxylic acids is 1. The van der Waals surface area contributed by atoms with E-state index in [0.717, 1.165) is 32.4 Å². The van der Waals surface area contributed by atoms with Crippen molar-refractivity contribution in [3.63, 3.8) is 0 Å². The van der Waals surface area contributed by atoms with Gasteiger partial charge in [-0.25, -0.2) is 4.79 Å². The van der Waals surface area contributed by atoms with Crippen LogP contribution in [-0.4, -0.2) is 50.0 Å². The van der Waals surface area contributed by atoms with Crippen molar-refractivity contribution in [1.29, 1.82) is 0 Å². The van der Waals surface area contributed by atoms with Gasteiger partial charge in [-0.1, -0.05) is 18.2 Å². The van der Waals surface area contributed by atoms with Crippen LogP contribution in [0.4, 0.5) is 11.6 Å². The molecule has 0 saturated carbocycles. The molecule has 0 unspecified atom stereocenters. The van der Waals surface area contributed by atoms with Gasteiger partial charge < -0.3 is 10.2 Å². The molecule has 11 nitrogen and oxygen atoms in total. The number of nitrogens with one attached hydrogen (secondary N) is 2. The van der Waals surface area contributed by atoms with Gasteiger partial charge in [0.25, 0.3) is 11.5 Å². The average Bonchev–Trinajstić information content (AvgIpc) is 3.34. The summed E-state index contributed by atoms with van der Waals surface area (Å²) >= 11 is 0. The molecular formula is C21H22N8O3. The number of aromatic nitrogens is 4. The van der Waals surface area contributed by atoms with Gasteiger partial charge in [-0.15, -0.1) is 5.10 Å². The molecule has 32 heavy (non-hydrogen) atoms. The Bertz CT molecular complexity index is 1390. The first kappa shape index (κ1) is 19.9. The third-order valence-electron chi connectivity index (χ3n) is 5.77. The van der Waals surface area contributed by atoms with Crippen LogP contribution in [0.1, 0.15) is 24.8 Å². The smallest absolute Gasteiger partial charge is 0.329 e. The molecule has 1 saturated heterocycles. The van der Waals surface area contributed by atoms with Crippen molar-refractivity contribution < 1.29 is 4.79 Å². The van der Waals surface area contributed by atoms with Crippen LogP contribution in [0, 0.1) is 0 Å². The first-order valence-corrected chi connectivity index (χ1v) is 10.5. The fraction of sp³-hybridized carbons (Fsp3) is 0.333. The van der Waals surface area contributed by atoms with E-state index in [2.05, 4.69) is 30.4 Å². The van der Waals surface area contributed by atoms with Crippen LogP contribution in [-0.2, 0) is 18.4 Å². The number of amides is 1. The molecular weight excluding hydrogens is 412 g/mol. The molecule has 0 aliphatic carbocycles. The number of benzene rings is 1. The van der Waals surface area contributed by atoms with Crippen molar-refractivity contribution in [2.75, 3.05) is 23.3 Å². The lowest BCUT2D eigenvalue weighted by Gasteiger charge is -2.27. The molecule has 1 aromatic carbocycles. The maximum absolute atomic E-state index is 12.6. The fourth-order valence-corrected chi connectivity index (χ4v) is 4.15. The second-order valence-corrected chi connectivity index (χ2v) is 7.81. The lowest BCUT2D eigenvalue weighted by Crippen LogP contribution is -2.32. The maximum atomic E-state index is 12.6. The molecule has 0 atom stereocenters. The summed E-state index contributed by atoms with van der Waals surface area (Å²) in [6, 6.07) is 7.28. The van der Waals surface area contributed by atoms with E-state index in [1.807, 2.05) is 12.1 Å². The minimum Gasteiger partial charge on any atom is -0.342 e. The Labute approximate surface area is 182 Å². The number of piperidine rings is 1. The summed E-state index contributed by atoms with van der Waals surface area (Å²) in [6.07, 6.45) is 4.75. The van der Waals surface area contributed by atoms with Gasteiger partial charge >= 0.3 is 5.69 Å². The summed E-state index contributed by atoms with van der Waals surface area (Å²) in [5, 5.41) is 11.0. The Balaban J connectivity index is 1.52. The van der Waals surface area contributed by atoms with Crippen molar-refractivity contribution in [2.24, 2.45) is 17.3 Å². The van der Waals surface area contributed by atoms with Crippen LogP contribution in [0.2, 0.25) is 0 Å². The predicted molar refractivity (Wildman–Crippen MR) is 122 cm³/mol. The first-order chi connectivity index (χ1) is 15.5. The van der Waals surface area contributed by atoms with Gasteiger partial charge in [-0.2, -0.15) is 10.1 Å². The second-order valence-electron chi connectivity index (χ2n) is 7.81. The van der Waals surface area contributed by atoms with Crippen molar-refractivity contribution in [3.8, 4) is 0 Å². The summed E-state index contributed by atoms with van der Waals surface area (Å²) in [7, 11) is 1.58. The van der Waals surface area contributed by atoms with E-state index in [-0.39, 0.29) is 18.2 Å². The van der Waals surface area contributed by atoms with Gasteiger partial charge in [0.1, 0.15) is 0 Å². The van der Waals surface area contributed by atoms with Crippen molar-refractivity contribution in [2.45, 2.75) is 25.8 Å². The number of fused-ring (bicyclic) bond motifs is 2. The van der Waals surface area contributed by atoms with Crippen LogP contribution in [0.5, 0.6) is 0 Å². The number of imidazole rings is 1. The number of hydrogen-bond donors (Lipinski definition) is 2. The number of aromatic amines is 1. The maximum Gasteiger partial charge on any atom is 0.329 e. The highest BCUT2D eigenvalue weighted by atomic mass is 16.2. The molecule has 3 aromatic rings. The molecule has 4 heterocycles. The molecule has 0 bridgehead atoms. The molecule has 5 rings (SSSR count). The van der Waals surface area contributed by atoms with E-state index in [4.69, 9.17) is 0 Å². The minimum atomic E-state index is -0.511. The summed E-state index contributed by atoms with van der Waals surface area (Å²) in [5.74, 6) is 0.311. The number of anilines is 2. The standard InChI is InChI=1S/C21H22N8O3/c1-27-17-16(19(31)25-21(27)32)29(20(24-17)28-10-5-2-6-11-28)12-9-22-26-15-13-7-3-4-8-14(13)23-18(15)30/h3-4,7-9H,2,5-6,10-12H2,1H3,(H,23,26,30)(H,25,31,32). The van der Waals surface area contributed by atoms with E-state index in [1.165, 1.54) is 10.8 Å². The summed E-state index contributed by atoms with van der Waals surface area (Å²) in [6.45, 7) is 1.86. The molecule has 0 spiro atoms. The molecule has 2 aliphatic rings. The van der Waals surface area contributed by atoms with Crippen molar-refractivity contribution >= 4 is 40.6 Å². The van der Waals surface area contributed by atoms with Crippen LogP contribution in [0.3, 0.4) is 0 Å². The highest BCUT2D eigenvalue weighted by Gasteiger charge is 2.25. The fourth-order valence-electron chi connectivity index (χ4n) is 4.15. The Kier molecular flexibility index (Phi) is 4.92. The first-order valence-electron chi connectivity index (χ1n) is 10.5. The van der Waals surface area contributed by atoms with Gasteiger partial charge in [-0.05, 0) is 25.3 Å². The van der Waals surface area contributed by atoms with E-state index in [9.17, 15) is 14.4 Å². The van der Waals surface area contributed by atoms with Crippen LogP contribution >= 0.6 is 0 Å². The van der Waals surface area contributed by atoms with Crippen LogP contribution < -0.4 is 21.5 Å². The Morgan fingerprint density at radius 2 is 1.91 bits per heavy atom. The second kappa shape index (κ2) is 7.91. The zero-order valence-electron chi connectivity index (χ0n) is 17.5. The van der Waals surface area contributed by atoms with Gasteiger partial charge in [-0.3, -0.25) is 23.7 Å². The minimum absolute atomic E-state index is 0.212. The molecule has 2 N–H and O–H groups in total. The van der Waals surface area contributed by atoms with Crippen LogP contribution in [0.15, 0.2) is 44.1 Å². The quantitative estimate of drug-likeness (QED) is 0.464. The van der Waals surface area contributed by atoms with Gasteiger partial charge in [0.15, 0.2) is 16.9 Å². The Morgan fingerprint density at radius 3 is 2.72 bits per heavy atom. The Morgan fingerprint density at radius 1 is 1.12 bits per heavy atom. The van der Waals surface area contributed by atoms with Crippen molar-refractivity contribution in [3.05, 3.63) is 50.7 Å². The molecule has 11 heteroatoms. The number of carbonyl (C=O) groups is 1.